The Labute approximate surface area is 125 Å². The molecule has 1 aromatic rings. The average molecular weight is 289 g/mol. The topological polar surface area (TPSA) is 61.4 Å². The lowest BCUT2D eigenvalue weighted by Crippen LogP contribution is -2.49. The minimum atomic E-state index is 0.306. The van der Waals surface area contributed by atoms with Gasteiger partial charge in [0.1, 0.15) is 5.82 Å². The first kappa shape index (κ1) is 14.3. The van der Waals surface area contributed by atoms with Gasteiger partial charge in [-0.25, -0.2) is 4.98 Å². The summed E-state index contributed by atoms with van der Waals surface area (Å²) in [6.45, 7) is 5.45. The molecule has 0 aliphatic carbocycles. The summed E-state index contributed by atoms with van der Waals surface area (Å²) in [5, 5.41) is 3.36. The van der Waals surface area contributed by atoms with Crippen LogP contribution in [0.5, 0.6) is 0 Å². The van der Waals surface area contributed by atoms with Crippen LogP contribution in [-0.4, -0.2) is 60.0 Å². The summed E-state index contributed by atoms with van der Waals surface area (Å²) >= 11 is 0. The van der Waals surface area contributed by atoms with Gasteiger partial charge in [-0.1, -0.05) is 0 Å². The monoisotopic (exact) mass is 289 g/mol. The van der Waals surface area contributed by atoms with Gasteiger partial charge in [-0.3, -0.25) is 9.78 Å². The van der Waals surface area contributed by atoms with E-state index >= 15 is 0 Å². The fourth-order valence-corrected chi connectivity index (χ4v) is 3.09. The number of nitrogens with one attached hydrogen (secondary N) is 1. The molecule has 0 aromatic carbocycles. The normalized spacial score (nSPS) is 22.6. The summed E-state index contributed by atoms with van der Waals surface area (Å²) in [6.07, 6.45) is 8.11. The zero-order valence-electron chi connectivity index (χ0n) is 12.4. The third kappa shape index (κ3) is 3.69. The Kier molecular flexibility index (Phi) is 4.65. The molecule has 0 radical (unpaired) electrons. The van der Waals surface area contributed by atoms with E-state index in [0.29, 0.717) is 18.2 Å². The molecule has 2 saturated heterocycles. The van der Waals surface area contributed by atoms with Crippen molar-refractivity contribution in [2.75, 3.05) is 44.2 Å². The molecule has 6 heteroatoms. The average Bonchev–Trinajstić information content (AvgIpc) is 3.07. The Morgan fingerprint density at radius 2 is 2.14 bits per heavy atom. The van der Waals surface area contributed by atoms with Gasteiger partial charge in [0.25, 0.3) is 0 Å². The smallest absolute Gasteiger partial charge is 0.222 e. The van der Waals surface area contributed by atoms with Gasteiger partial charge in [0.2, 0.25) is 5.91 Å². The second-order valence-electron chi connectivity index (χ2n) is 5.83. The Hall–Kier alpha value is -1.69. The number of nitrogens with zero attached hydrogens (tertiary/aromatic N) is 4. The third-order valence-electron chi connectivity index (χ3n) is 4.43. The van der Waals surface area contributed by atoms with Crippen molar-refractivity contribution < 1.29 is 4.79 Å². The zero-order valence-corrected chi connectivity index (χ0v) is 12.4. The van der Waals surface area contributed by atoms with Gasteiger partial charge in [0.15, 0.2) is 0 Å². The highest BCUT2D eigenvalue weighted by Gasteiger charge is 2.23. The lowest BCUT2D eigenvalue weighted by molar-refractivity contribution is -0.131. The predicted molar refractivity (Wildman–Crippen MR) is 81.0 cm³/mol. The first-order valence-electron chi connectivity index (χ1n) is 7.82. The van der Waals surface area contributed by atoms with Crippen molar-refractivity contribution in [3.63, 3.8) is 0 Å². The van der Waals surface area contributed by atoms with Crippen LogP contribution in [0.15, 0.2) is 18.6 Å². The molecule has 3 rings (SSSR count). The first-order chi connectivity index (χ1) is 10.3. The SMILES string of the molecule is O=C(CCC1CCNC1)N1CCN(c2cnccn2)CC1. The molecule has 2 fully saturated rings. The molecule has 1 atom stereocenters. The summed E-state index contributed by atoms with van der Waals surface area (Å²) < 4.78 is 0. The van der Waals surface area contributed by atoms with E-state index in [0.717, 1.165) is 51.5 Å². The fourth-order valence-electron chi connectivity index (χ4n) is 3.09. The van der Waals surface area contributed by atoms with E-state index in [1.54, 1.807) is 18.6 Å². The number of aromatic nitrogens is 2. The van der Waals surface area contributed by atoms with Crippen LogP contribution in [-0.2, 0) is 4.79 Å². The molecule has 0 saturated carbocycles. The number of carbonyl (C=O) groups is 1. The van der Waals surface area contributed by atoms with Crippen LogP contribution in [0.25, 0.3) is 0 Å². The maximum Gasteiger partial charge on any atom is 0.222 e. The van der Waals surface area contributed by atoms with Crippen molar-refractivity contribution in [2.24, 2.45) is 5.92 Å². The zero-order chi connectivity index (χ0) is 14.5. The van der Waals surface area contributed by atoms with Gasteiger partial charge in [0.05, 0.1) is 6.20 Å². The largest absolute Gasteiger partial charge is 0.352 e. The minimum absolute atomic E-state index is 0.306. The van der Waals surface area contributed by atoms with Crippen LogP contribution in [0.1, 0.15) is 19.3 Å². The van der Waals surface area contributed by atoms with E-state index in [2.05, 4.69) is 20.2 Å². The van der Waals surface area contributed by atoms with Crippen LogP contribution in [0.3, 0.4) is 0 Å². The van der Waals surface area contributed by atoms with E-state index in [1.807, 2.05) is 4.90 Å². The molecule has 2 aliphatic rings. The maximum atomic E-state index is 12.3. The summed E-state index contributed by atoms with van der Waals surface area (Å²) in [5.41, 5.74) is 0. The van der Waals surface area contributed by atoms with Gasteiger partial charge < -0.3 is 15.1 Å². The second kappa shape index (κ2) is 6.85. The lowest BCUT2D eigenvalue weighted by atomic mass is 10.0. The highest BCUT2D eigenvalue weighted by molar-refractivity contribution is 5.76. The van der Waals surface area contributed by atoms with Crippen molar-refractivity contribution in [2.45, 2.75) is 19.3 Å². The predicted octanol–water partition coefficient (Wildman–Crippen LogP) is 0.515. The third-order valence-corrected chi connectivity index (χ3v) is 4.43. The first-order valence-corrected chi connectivity index (χ1v) is 7.82. The molecule has 2 aliphatic heterocycles. The number of carbonyl (C=O) groups excluding carboxylic acids is 1. The fraction of sp³-hybridized carbons (Fsp3) is 0.667. The van der Waals surface area contributed by atoms with E-state index in [1.165, 1.54) is 6.42 Å². The van der Waals surface area contributed by atoms with E-state index < -0.39 is 0 Å². The standard InChI is InChI=1S/C15H23N5O/c21-15(2-1-13-3-4-16-11-13)20-9-7-19(8-10-20)14-12-17-5-6-18-14/h5-6,12-13,16H,1-4,7-11H2. The molecule has 6 nitrogen and oxygen atoms in total. The Balaban J connectivity index is 1.43. The highest BCUT2D eigenvalue weighted by Crippen LogP contribution is 2.17. The molecular formula is C15H23N5O. The molecule has 1 unspecified atom stereocenters. The van der Waals surface area contributed by atoms with Gasteiger partial charge in [-0.15, -0.1) is 0 Å². The lowest BCUT2D eigenvalue weighted by Gasteiger charge is -2.35. The van der Waals surface area contributed by atoms with Crippen molar-refractivity contribution in [3.05, 3.63) is 18.6 Å². The Morgan fingerprint density at radius 1 is 1.29 bits per heavy atom. The van der Waals surface area contributed by atoms with Crippen LogP contribution < -0.4 is 10.2 Å². The summed E-state index contributed by atoms with van der Waals surface area (Å²) in [7, 11) is 0. The van der Waals surface area contributed by atoms with Crippen LogP contribution in [0.2, 0.25) is 0 Å². The quantitative estimate of drug-likeness (QED) is 0.875. The molecular weight excluding hydrogens is 266 g/mol. The molecule has 1 aromatic heterocycles. The summed E-state index contributed by atoms with van der Waals surface area (Å²) in [6, 6.07) is 0. The number of hydrogen-bond acceptors (Lipinski definition) is 5. The number of rotatable bonds is 4. The van der Waals surface area contributed by atoms with Crippen LogP contribution in [0.4, 0.5) is 5.82 Å². The molecule has 0 spiro atoms. The number of piperazine rings is 1. The van der Waals surface area contributed by atoms with E-state index in [-0.39, 0.29) is 0 Å². The molecule has 21 heavy (non-hydrogen) atoms. The van der Waals surface area contributed by atoms with Crippen molar-refractivity contribution in [1.82, 2.24) is 20.2 Å². The van der Waals surface area contributed by atoms with Gasteiger partial charge in [-0.2, -0.15) is 0 Å². The van der Waals surface area contributed by atoms with Crippen LogP contribution >= 0.6 is 0 Å². The Morgan fingerprint density at radius 3 is 2.81 bits per heavy atom. The number of anilines is 1. The van der Waals surface area contributed by atoms with Gasteiger partial charge in [0, 0.05) is 45.0 Å². The minimum Gasteiger partial charge on any atom is -0.352 e. The van der Waals surface area contributed by atoms with Crippen molar-refractivity contribution in [3.8, 4) is 0 Å². The van der Waals surface area contributed by atoms with Gasteiger partial charge in [-0.05, 0) is 31.8 Å². The van der Waals surface area contributed by atoms with E-state index in [4.69, 9.17) is 0 Å². The highest BCUT2D eigenvalue weighted by atomic mass is 16.2. The molecule has 0 bridgehead atoms. The summed E-state index contributed by atoms with van der Waals surface area (Å²) in [5.74, 6) is 1.90. The molecule has 3 heterocycles. The van der Waals surface area contributed by atoms with Crippen molar-refractivity contribution >= 4 is 11.7 Å². The maximum absolute atomic E-state index is 12.3. The van der Waals surface area contributed by atoms with Crippen LogP contribution in [0, 0.1) is 5.92 Å². The molecule has 114 valence electrons. The van der Waals surface area contributed by atoms with Gasteiger partial charge >= 0.3 is 0 Å². The molecule has 1 N–H and O–H groups in total. The molecule has 1 amide bonds. The second-order valence-corrected chi connectivity index (χ2v) is 5.83. The Bertz CT molecular complexity index is 452. The summed E-state index contributed by atoms with van der Waals surface area (Å²) in [4.78, 5) is 24.9. The number of amides is 1. The number of hydrogen-bond donors (Lipinski definition) is 1. The van der Waals surface area contributed by atoms with E-state index in [9.17, 15) is 4.79 Å². The van der Waals surface area contributed by atoms with Crippen molar-refractivity contribution in [1.29, 1.82) is 0 Å².